The minimum atomic E-state index is -3.85. The van der Waals surface area contributed by atoms with Crippen LogP contribution in [0.15, 0.2) is 47.4 Å². The van der Waals surface area contributed by atoms with Crippen molar-refractivity contribution in [1.29, 1.82) is 0 Å². The van der Waals surface area contributed by atoms with Crippen LogP contribution in [0.3, 0.4) is 0 Å². The van der Waals surface area contributed by atoms with Crippen LogP contribution in [0.1, 0.15) is 15.9 Å². The lowest BCUT2D eigenvalue weighted by Gasteiger charge is -2.23. The van der Waals surface area contributed by atoms with E-state index >= 15 is 0 Å². The molecule has 0 spiro atoms. The molecule has 2 aromatic carbocycles. The van der Waals surface area contributed by atoms with Crippen molar-refractivity contribution in [2.24, 2.45) is 0 Å². The maximum Gasteiger partial charge on any atom is 0.261 e. The fourth-order valence-corrected chi connectivity index (χ4v) is 3.73. The second kappa shape index (κ2) is 6.41. The van der Waals surface area contributed by atoms with Gasteiger partial charge in [-0.25, -0.2) is 12.8 Å². The van der Waals surface area contributed by atoms with Crippen molar-refractivity contribution in [2.75, 3.05) is 11.4 Å². The smallest absolute Gasteiger partial charge is 0.261 e. The van der Waals surface area contributed by atoms with Crippen LogP contribution in [0.4, 0.5) is 10.1 Å². The van der Waals surface area contributed by atoms with E-state index in [9.17, 15) is 17.6 Å². The molecular formula is C16H14ClFN2O3S. The van der Waals surface area contributed by atoms with Crippen molar-refractivity contribution in [3.05, 3.63) is 58.6 Å². The highest BCUT2D eigenvalue weighted by Gasteiger charge is 2.26. The molecule has 2 aromatic rings. The van der Waals surface area contributed by atoms with Crippen molar-refractivity contribution in [3.63, 3.8) is 0 Å². The van der Waals surface area contributed by atoms with E-state index in [4.69, 9.17) is 11.6 Å². The van der Waals surface area contributed by atoms with E-state index in [1.165, 1.54) is 24.3 Å². The van der Waals surface area contributed by atoms with Crippen LogP contribution in [0.25, 0.3) is 0 Å². The molecular weight excluding hydrogens is 355 g/mol. The lowest BCUT2D eigenvalue weighted by Crippen LogP contribution is -2.42. The van der Waals surface area contributed by atoms with E-state index in [-0.39, 0.29) is 10.5 Å². The van der Waals surface area contributed by atoms with Gasteiger partial charge in [-0.1, -0.05) is 17.7 Å². The summed E-state index contributed by atoms with van der Waals surface area (Å²) in [5.74, 6) is -0.470. The zero-order valence-corrected chi connectivity index (χ0v) is 14.0. The molecule has 5 nitrogen and oxygen atoms in total. The van der Waals surface area contributed by atoms with E-state index < -0.39 is 28.6 Å². The molecule has 2 N–H and O–H groups in total. The van der Waals surface area contributed by atoms with Gasteiger partial charge in [0.2, 0.25) is 0 Å². The quantitative estimate of drug-likeness (QED) is 0.871. The largest absolute Gasteiger partial charge is 0.346 e. The minimum Gasteiger partial charge on any atom is -0.346 e. The summed E-state index contributed by atoms with van der Waals surface area (Å²) in [5, 5.41) is 3.00. The predicted octanol–water partition coefficient (Wildman–Crippen LogP) is 2.76. The molecule has 24 heavy (non-hydrogen) atoms. The van der Waals surface area contributed by atoms with Gasteiger partial charge in [0.25, 0.3) is 15.9 Å². The van der Waals surface area contributed by atoms with E-state index in [1.807, 2.05) is 0 Å². The molecule has 0 bridgehead atoms. The fourth-order valence-electron chi connectivity index (χ4n) is 2.52. The van der Waals surface area contributed by atoms with Crippen molar-refractivity contribution in [1.82, 2.24) is 5.32 Å². The molecule has 1 heterocycles. The summed E-state index contributed by atoms with van der Waals surface area (Å²) in [6.45, 7) is -0.663. The molecule has 0 aromatic heterocycles. The lowest BCUT2D eigenvalue weighted by atomic mass is 9.96. The Labute approximate surface area is 143 Å². The first kappa shape index (κ1) is 16.7. The summed E-state index contributed by atoms with van der Waals surface area (Å²) in [6, 6.07) is 9.90. The Morgan fingerprint density at radius 3 is 2.58 bits per heavy atom. The number of fused-ring (bicyclic) bond motifs is 1. The third-order valence-electron chi connectivity index (χ3n) is 3.72. The average Bonchev–Trinajstić information content (AvgIpc) is 2.56. The Kier molecular flexibility index (Phi) is 4.47. The minimum absolute atomic E-state index is 0.0370. The van der Waals surface area contributed by atoms with Gasteiger partial charge in [-0.3, -0.25) is 9.52 Å². The topological polar surface area (TPSA) is 75.3 Å². The third-order valence-corrected chi connectivity index (χ3v) is 5.35. The Morgan fingerprint density at radius 1 is 1.21 bits per heavy atom. The van der Waals surface area contributed by atoms with Crippen molar-refractivity contribution in [2.45, 2.75) is 17.4 Å². The molecule has 0 aliphatic carbocycles. The Hall–Kier alpha value is -2.12. The zero-order chi connectivity index (χ0) is 17.3. The molecule has 0 radical (unpaired) electrons. The number of hydrogen-bond donors (Lipinski definition) is 2. The van der Waals surface area contributed by atoms with Crippen LogP contribution >= 0.6 is 11.6 Å². The second-order valence-electron chi connectivity index (χ2n) is 5.46. The molecule has 0 saturated heterocycles. The molecule has 0 saturated carbocycles. The summed E-state index contributed by atoms with van der Waals surface area (Å²) in [6.07, 6.45) is 0.336. The maximum absolute atomic E-state index is 12.8. The first-order chi connectivity index (χ1) is 11.4. The van der Waals surface area contributed by atoms with Gasteiger partial charge in [0.1, 0.15) is 6.67 Å². The van der Waals surface area contributed by atoms with E-state index in [2.05, 4.69) is 10.0 Å². The number of amides is 1. The first-order valence-corrected chi connectivity index (χ1v) is 9.03. The predicted molar refractivity (Wildman–Crippen MR) is 89.6 cm³/mol. The number of nitrogens with one attached hydrogen (secondary N) is 2. The highest BCUT2D eigenvalue weighted by Crippen LogP contribution is 2.23. The Balaban J connectivity index is 1.91. The molecule has 0 fully saturated rings. The number of benzene rings is 2. The van der Waals surface area contributed by atoms with Gasteiger partial charge in [0.15, 0.2) is 0 Å². The lowest BCUT2D eigenvalue weighted by molar-refractivity contribution is 0.0917. The Morgan fingerprint density at radius 2 is 1.92 bits per heavy atom. The normalized spacial score (nSPS) is 17.1. The molecule has 3 rings (SSSR count). The number of carbonyl (C=O) groups is 1. The van der Waals surface area contributed by atoms with E-state index in [0.717, 1.165) is 0 Å². The molecule has 1 atom stereocenters. The number of hydrogen-bond acceptors (Lipinski definition) is 3. The standard InChI is InChI=1S/C16H14ClFN2O3S/c17-11-2-4-12(5-3-11)20-24(22,23)14-6-1-10-7-13(9-18)19-16(21)15(10)8-14/h1-6,8,13,20H,7,9H2,(H,19,21). The molecule has 1 unspecified atom stereocenters. The monoisotopic (exact) mass is 368 g/mol. The van der Waals surface area contributed by atoms with Crippen LogP contribution in [0.5, 0.6) is 0 Å². The van der Waals surface area contributed by atoms with Crippen molar-refractivity contribution < 1.29 is 17.6 Å². The number of sulfonamides is 1. The van der Waals surface area contributed by atoms with Gasteiger partial charge in [-0.05, 0) is 48.4 Å². The number of carbonyl (C=O) groups excluding carboxylic acids is 1. The van der Waals surface area contributed by atoms with Gasteiger partial charge in [-0.2, -0.15) is 0 Å². The van der Waals surface area contributed by atoms with Gasteiger partial charge in [-0.15, -0.1) is 0 Å². The number of anilines is 1. The second-order valence-corrected chi connectivity index (χ2v) is 7.58. The molecule has 1 amide bonds. The molecule has 1 aliphatic rings. The van der Waals surface area contributed by atoms with Crippen LogP contribution in [-0.4, -0.2) is 27.0 Å². The van der Waals surface area contributed by atoms with Gasteiger partial charge in [0.05, 0.1) is 10.9 Å². The summed E-state index contributed by atoms with van der Waals surface area (Å²) in [4.78, 5) is 12.0. The summed E-state index contributed by atoms with van der Waals surface area (Å²) in [7, 11) is -3.85. The average molecular weight is 369 g/mol. The molecule has 8 heteroatoms. The SMILES string of the molecule is O=C1NC(CF)Cc2ccc(S(=O)(=O)Nc3ccc(Cl)cc3)cc21. The van der Waals surface area contributed by atoms with Crippen molar-refractivity contribution in [3.8, 4) is 0 Å². The van der Waals surface area contributed by atoms with Crippen LogP contribution in [0, 0.1) is 0 Å². The highest BCUT2D eigenvalue weighted by molar-refractivity contribution is 7.92. The summed E-state index contributed by atoms with van der Waals surface area (Å²) < 4.78 is 40.1. The summed E-state index contributed by atoms with van der Waals surface area (Å²) in [5.41, 5.74) is 1.24. The number of rotatable bonds is 4. The molecule has 1 aliphatic heterocycles. The van der Waals surface area contributed by atoms with Crippen molar-refractivity contribution >= 4 is 33.2 Å². The zero-order valence-electron chi connectivity index (χ0n) is 12.4. The van der Waals surface area contributed by atoms with E-state index in [0.29, 0.717) is 22.7 Å². The van der Waals surface area contributed by atoms with E-state index in [1.54, 1.807) is 18.2 Å². The molecule has 126 valence electrons. The van der Waals surface area contributed by atoms with Crippen LogP contribution in [-0.2, 0) is 16.4 Å². The Bertz CT molecular complexity index is 885. The van der Waals surface area contributed by atoms with Gasteiger partial charge < -0.3 is 5.32 Å². The number of alkyl halides is 1. The van der Waals surface area contributed by atoms with Gasteiger partial charge >= 0.3 is 0 Å². The van der Waals surface area contributed by atoms with Crippen LogP contribution < -0.4 is 10.0 Å². The third kappa shape index (κ3) is 3.37. The van der Waals surface area contributed by atoms with Gasteiger partial charge in [0, 0.05) is 16.3 Å². The fraction of sp³-hybridized carbons (Fsp3) is 0.188. The first-order valence-electron chi connectivity index (χ1n) is 7.17. The highest BCUT2D eigenvalue weighted by atomic mass is 35.5. The summed E-state index contributed by atoms with van der Waals surface area (Å²) >= 11 is 5.77. The maximum atomic E-state index is 12.8. The van der Waals surface area contributed by atoms with Crippen LogP contribution in [0.2, 0.25) is 5.02 Å². The number of halogens is 2.